The third kappa shape index (κ3) is 3.61. The number of amides is 4. The molecule has 1 aromatic rings. The minimum absolute atomic E-state index is 0.224. The molecule has 0 unspecified atom stereocenters. The molecule has 1 heterocycles. The van der Waals surface area contributed by atoms with Crippen LogP contribution in [0, 0.1) is 11.8 Å². The highest BCUT2D eigenvalue weighted by Crippen LogP contribution is 2.37. The van der Waals surface area contributed by atoms with Crippen LogP contribution >= 0.6 is 0 Å². The summed E-state index contributed by atoms with van der Waals surface area (Å²) in [6.45, 7) is 2.05. The summed E-state index contributed by atoms with van der Waals surface area (Å²) >= 11 is 0. The first-order valence-corrected chi connectivity index (χ1v) is 9.04. The SMILES string of the molecule is CCNC(=O)c1cccc(NC(=O)CN2C(=O)[C@@H]3CCCC[C@H]3C2=O)c1. The van der Waals surface area contributed by atoms with Crippen molar-refractivity contribution in [2.24, 2.45) is 11.8 Å². The second kappa shape index (κ2) is 7.68. The molecule has 2 aliphatic rings. The van der Waals surface area contributed by atoms with Crippen LogP contribution in [0.1, 0.15) is 43.0 Å². The Hall–Kier alpha value is -2.70. The van der Waals surface area contributed by atoms with E-state index in [1.807, 2.05) is 6.92 Å². The first kappa shape index (κ1) is 18.1. The number of hydrogen-bond donors (Lipinski definition) is 2. The van der Waals surface area contributed by atoms with E-state index >= 15 is 0 Å². The number of carbonyl (C=O) groups is 4. The zero-order valence-electron chi connectivity index (χ0n) is 14.8. The largest absolute Gasteiger partial charge is 0.352 e. The molecule has 1 aliphatic carbocycles. The van der Waals surface area contributed by atoms with E-state index in [-0.39, 0.29) is 36.1 Å². The second-order valence-corrected chi connectivity index (χ2v) is 6.75. The maximum atomic E-state index is 12.4. The maximum Gasteiger partial charge on any atom is 0.251 e. The molecule has 2 atom stereocenters. The molecule has 26 heavy (non-hydrogen) atoms. The summed E-state index contributed by atoms with van der Waals surface area (Å²) in [5, 5.41) is 5.36. The summed E-state index contributed by atoms with van der Waals surface area (Å²) in [6.07, 6.45) is 3.35. The topological polar surface area (TPSA) is 95.6 Å². The Balaban J connectivity index is 1.64. The van der Waals surface area contributed by atoms with Gasteiger partial charge in [0.1, 0.15) is 6.54 Å². The van der Waals surface area contributed by atoms with Gasteiger partial charge in [0.25, 0.3) is 5.91 Å². The summed E-state index contributed by atoms with van der Waals surface area (Å²) in [6, 6.07) is 6.55. The smallest absolute Gasteiger partial charge is 0.251 e. The van der Waals surface area contributed by atoms with E-state index in [9.17, 15) is 19.2 Å². The number of fused-ring (bicyclic) bond motifs is 1. The first-order chi connectivity index (χ1) is 12.5. The van der Waals surface area contributed by atoms with Crippen LogP contribution in [0.15, 0.2) is 24.3 Å². The molecule has 3 rings (SSSR count). The molecule has 138 valence electrons. The Bertz CT molecular complexity index is 722. The number of nitrogens with zero attached hydrogens (tertiary/aromatic N) is 1. The molecule has 2 fully saturated rings. The maximum absolute atomic E-state index is 12.4. The van der Waals surface area contributed by atoms with Crippen molar-refractivity contribution in [2.45, 2.75) is 32.6 Å². The summed E-state index contributed by atoms with van der Waals surface area (Å²) < 4.78 is 0. The highest BCUT2D eigenvalue weighted by atomic mass is 16.2. The van der Waals surface area contributed by atoms with Gasteiger partial charge >= 0.3 is 0 Å². The number of imide groups is 1. The lowest BCUT2D eigenvalue weighted by Gasteiger charge is -2.19. The predicted octanol–water partition coefficient (Wildman–Crippen LogP) is 1.55. The highest BCUT2D eigenvalue weighted by Gasteiger charge is 2.48. The van der Waals surface area contributed by atoms with Crippen LogP contribution in [0.25, 0.3) is 0 Å². The third-order valence-electron chi connectivity index (χ3n) is 4.98. The molecule has 7 nitrogen and oxygen atoms in total. The average Bonchev–Trinajstić information content (AvgIpc) is 2.87. The molecule has 7 heteroatoms. The van der Waals surface area contributed by atoms with Crippen LogP contribution in [0.5, 0.6) is 0 Å². The van der Waals surface area contributed by atoms with Crippen LogP contribution in [-0.2, 0) is 14.4 Å². The molecular formula is C19H23N3O4. The minimum atomic E-state index is -0.446. The number of nitrogens with one attached hydrogen (secondary N) is 2. The van der Waals surface area contributed by atoms with E-state index in [1.165, 1.54) is 0 Å². The third-order valence-corrected chi connectivity index (χ3v) is 4.98. The molecule has 1 saturated carbocycles. The molecule has 2 N–H and O–H groups in total. The van der Waals surface area contributed by atoms with Gasteiger partial charge in [-0.2, -0.15) is 0 Å². The molecule has 0 aromatic heterocycles. The zero-order valence-corrected chi connectivity index (χ0v) is 14.8. The molecule has 4 amide bonds. The number of carbonyl (C=O) groups excluding carboxylic acids is 4. The van der Waals surface area contributed by atoms with Gasteiger partial charge in [-0.25, -0.2) is 0 Å². The molecule has 1 aliphatic heterocycles. The van der Waals surface area contributed by atoms with Crippen molar-refractivity contribution < 1.29 is 19.2 Å². The summed E-state index contributed by atoms with van der Waals surface area (Å²) in [7, 11) is 0. The Morgan fingerprint density at radius 3 is 2.38 bits per heavy atom. The number of rotatable bonds is 5. The van der Waals surface area contributed by atoms with Gasteiger partial charge in [0.2, 0.25) is 17.7 Å². The van der Waals surface area contributed by atoms with Gasteiger partial charge < -0.3 is 10.6 Å². The number of benzene rings is 1. The molecular weight excluding hydrogens is 334 g/mol. The van der Waals surface area contributed by atoms with E-state index in [2.05, 4.69) is 10.6 Å². The van der Waals surface area contributed by atoms with E-state index < -0.39 is 5.91 Å². The van der Waals surface area contributed by atoms with Crippen molar-refractivity contribution in [3.05, 3.63) is 29.8 Å². The Labute approximate surface area is 152 Å². The van der Waals surface area contributed by atoms with Gasteiger partial charge in [0.15, 0.2) is 0 Å². The van der Waals surface area contributed by atoms with E-state index in [4.69, 9.17) is 0 Å². The van der Waals surface area contributed by atoms with Crippen LogP contribution in [0.2, 0.25) is 0 Å². The predicted molar refractivity (Wildman–Crippen MR) is 95.2 cm³/mol. The second-order valence-electron chi connectivity index (χ2n) is 6.75. The van der Waals surface area contributed by atoms with Crippen LogP contribution in [-0.4, -0.2) is 41.6 Å². The van der Waals surface area contributed by atoms with Crippen molar-refractivity contribution in [3.63, 3.8) is 0 Å². The average molecular weight is 357 g/mol. The van der Waals surface area contributed by atoms with Gasteiger partial charge in [0.05, 0.1) is 11.8 Å². The summed E-state index contributed by atoms with van der Waals surface area (Å²) in [5.41, 5.74) is 0.888. The fourth-order valence-electron chi connectivity index (χ4n) is 3.73. The van der Waals surface area contributed by atoms with Gasteiger partial charge in [0, 0.05) is 17.8 Å². The standard InChI is InChI=1S/C19H23N3O4/c1-2-20-17(24)12-6-5-7-13(10-12)21-16(23)11-22-18(25)14-8-3-4-9-15(14)19(22)26/h5-7,10,14-15H,2-4,8-9,11H2,1H3,(H,20,24)(H,21,23)/t14-,15-/m1/s1. The van der Waals surface area contributed by atoms with E-state index in [0.29, 0.717) is 17.8 Å². The number of anilines is 1. The Kier molecular flexibility index (Phi) is 5.35. The lowest BCUT2D eigenvalue weighted by Crippen LogP contribution is -2.38. The van der Waals surface area contributed by atoms with Gasteiger partial charge in [-0.15, -0.1) is 0 Å². The lowest BCUT2D eigenvalue weighted by molar-refractivity contribution is -0.142. The summed E-state index contributed by atoms with van der Waals surface area (Å²) in [4.78, 5) is 50.1. The van der Waals surface area contributed by atoms with Crippen molar-refractivity contribution in [2.75, 3.05) is 18.4 Å². The molecule has 1 saturated heterocycles. The van der Waals surface area contributed by atoms with Gasteiger partial charge in [-0.3, -0.25) is 24.1 Å². The number of likely N-dealkylation sites (tertiary alicyclic amines) is 1. The Morgan fingerprint density at radius 2 is 1.77 bits per heavy atom. The fraction of sp³-hybridized carbons (Fsp3) is 0.474. The monoisotopic (exact) mass is 357 g/mol. The zero-order chi connectivity index (χ0) is 18.7. The van der Waals surface area contributed by atoms with Gasteiger partial charge in [-0.1, -0.05) is 18.9 Å². The fourth-order valence-corrected chi connectivity index (χ4v) is 3.73. The van der Waals surface area contributed by atoms with Gasteiger partial charge in [-0.05, 0) is 38.0 Å². The van der Waals surface area contributed by atoms with Crippen LogP contribution in [0.3, 0.4) is 0 Å². The van der Waals surface area contributed by atoms with Crippen molar-refractivity contribution in [1.29, 1.82) is 0 Å². The quantitative estimate of drug-likeness (QED) is 0.782. The number of hydrogen-bond acceptors (Lipinski definition) is 4. The van der Waals surface area contributed by atoms with Crippen LogP contribution in [0.4, 0.5) is 5.69 Å². The first-order valence-electron chi connectivity index (χ1n) is 9.04. The van der Waals surface area contributed by atoms with Crippen molar-refractivity contribution in [1.82, 2.24) is 10.2 Å². The normalized spacial score (nSPS) is 22.1. The van der Waals surface area contributed by atoms with Crippen molar-refractivity contribution in [3.8, 4) is 0 Å². The highest BCUT2D eigenvalue weighted by molar-refractivity contribution is 6.08. The van der Waals surface area contributed by atoms with E-state index in [1.54, 1.807) is 24.3 Å². The molecule has 0 bridgehead atoms. The summed E-state index contributed by atoms with van der Waals surface area (Å²) in [5.74, 6) is -1.65. The lowest BCUT2D eigenvalue weighted by atomic mass is 9.81. The van der Waals surface area contributed by atoms with Crippen LogP contribution < -0.4 is 10.6 Å². The molecule has 0 radical (unpaired) electrons. The molecule has 0 spiro atoms. The molecule has 1 aromatic carbocycles. The van der Waals surface area contributed by atoms with E-state index in [0.717, 1.165) is 30.6 Å². The Morgan fingerprint density at radius 1 is 1.12 bits per heavy atom. The minimum Gasteiger partial charge on any atom is -0.352 e. The van der Waals surface area contributed by atoms with Crippen molar-refractivity contribution >= 4 is 29.3 Å².